The van der Waals surface area contributed by atoms with Crippen LogP contribution in [-0.2, 0) is 25.5 Å². The lowest BCUT2D eigenvalue weighted by Gasteiger charge is -2.44. The third kappa shape index (κ3) is 9.05. The van der Waals surface area contributed by atoms with Crippen molar-refractivity contribution >= 4 is 11.8 Å². The van der Waals surface area contributed by atoms with E-state index in [4.69, 9.17) is 9.47 Å². The van der Waals surface area contributed by atoms with Gasteiger partial charge in [-0.3, -0.25) is 14.6 Å². The highest BCUT2D eigenvalue weighted by molar-refractivity contribution is 5.82. The third-order valence-corrected chi connectivity index (χ3v) is 11.1. The molecule has 44 heavy (non-hydrogen) atoms. The number of methoxy groups -OCH3 is 1. The average molecular weight is 610 g/mol. The summed E-state index contributed by atoms with van der Waals surface area (Å²) in [5, 5.41) is 0. The van der Waals surface area contributed by atoms with E-state index in [0.717, 1.165) is 57.1 Å². The maximum absolute atomic E-state index is 14.6. The lowest BCUT2D eigenvalue weighted by molar-refractivity contribution is -0.155. The Labute approximate surface area is 266 Å². The molecule has 1 aromatic rings. The van der Waals surface area contributed by atoms with E-state index in [9.17, 15) is 9.59 Å². The number of nitrogens with zero attached hydrogens (tertiary/aromatic N) is 3. The van der Waals surface area contributed by atoms with Crippen molar-refractivity contribution < 1.29 is 19.1 Å². The Hall–Kier alpha value is -1.99. The summed E-state index contributed by atoms with van der Waals surface area (Å²) in [7, 11) is 1.67. The fraction of sp³-hybridized carbons (Fsp3) is 0.811. The molecule has 0 spiro atoms. The van der Waals surface area contributed by atoms with Gasteiger partial charge in [-0.1, -0.05) is 83.1 Å². The van der Waals surface area contributed by atoms with Gasteiger partial charge in [0.05, 0.1) is 6.61 Å². The Bertz CT molecular complexity index is 946. The molecule has 0 saturated heterocycles. The Kier molecular flexibility index (Phi) is 13.4. The minimum Gasteiger partial charge on any atom is -0.371 e. The van der Waals surface area contributed by atoms with Crippen molar-refractivity contribution in [3.8, 4) is 0 Å². The number of carbonyl (C=O) groups excluding carboxylic acids is 2. The molecular formula is C37H59N3O4. The number of hydrogen-bond donors (Lipinski definition) is 0. The van der Waals surface area contributed by atoms with Crippen LogP contribution in [0.3, 0.4) is 0 Å². The SMILES string of the molecule is COC(C(=O)N(C1CCCCC1)C1CCCCC1)C(COCC(=O)N(C1CCCCC1)C1CCCCC1)Cc1ccccn1. The highest BCUT2D eigenvalue weighted by atomic mass is 16.5. The van der Waals surface area contributed by atoms with Gasteiger partial charge in [0.1, 0.15) is 12.7 Å². The van der Waals surface area contributed by atoms with Gasteiger partial charge in [0.15, 0.2) is 0 Å². The van der Waals surface area contributed by atoms with Gasteiger partial charge in [0.25, 0.3) is 5.91 Å². The van der Waals surface area contributed by atoms with E-state index in [1.165, 1.54) is 77.0 Å². The molecule has 4 fully saturated rings. The second-order valence-corrected chi connectivity index (χ2v) is 14.2. The van der Waals surface area contributed by atoms with E-state index in [2.05, 4.69) is 14.8 Å². The van der Waals surface area contributed by atoms with E-state index < -0.39 is 6.10 Å². The molecule has 1 heterocycles. The first-order chi connectivity index (χ1) is 21.7. The van der Waals surface area contributed by atoms with Crippen LogP contribution in [0.25, 0.3) is 0 Å². The number of rotatable bonds is 13. The van der Waals surface area contributed by atoms with Gasteiger partial charge < -0.3 is 19.3 Å². The third-order valence-electron chi connectivity index (χ3n) is 11.1. The molecule has 7 heteroatoms. The average Bonchev–Trinajstić information content (AvgIpc) is 3.08. The molecule has 5 rings (SSSR count). The number of aromatic nitrogens is 1. The number of ether oxygens (including phenoxy) is 2. The van der Waals surface area contributed by atoms with E-state index in [1.807, 2.05) is 24.4 Å². The van der Waals surface area contributed by atoms with E-state index in [0.29, 0.717) is 37.2 Å². The minimum atomic E-state index is -0.622. The quantitative estimate of drug-likeness (QED) is 0.235. The molecule has 2 unspecified atom stereocenters. The Morgan fingerprint density at radius 3 is 1.64 bits per heavy atom. The van der Waals surface area contributed by atoms with Crippen molar-refractivity contribution in [2.45, 2.75) is 165 Å². The fourth-order valence-corrected chi connectivity index (χ4v) is 8.86. The van der Waals surface area contributed by atoms with Crippen LogP contribution >= 0.6 is 0 Å². The van der Waals surface area contributed by atoms with E-state index in [-0.39, 0.29) is 24.3 Å². The number of pyridine rings is 1. The van der Waals surface area contributed by atoms with Gasteiger partial charge in [0, 0.05) is 49.1 Å². The summed E-state index contributed by atoms with van der Waals surface area (Å²) >= 11 is 0. The molecule has 2 atom stereocenters. The van der Waals surface area contributed by atoms with Crippen LogP contribution in [0.4, 0.5) is 0 Å². The normalized spacial score (nSPS) is 22.8. The molecule has 4 aliphatic carbocycles. The molecule has 0 aromatic carbocycles. The number of amides is 2. The summed E-state index contributed by atoms with van der Waals surface area (Å²) in [6.45, 7) is 0.379. The van der Waals surface area contributed by atoms with E-state index >= 15 is 0 Å². The minimum absolute atomic E-state index is 0.0747. The predicted molar refractivity (Wildman–Crippen MR) is 174 cm³/mol. The van der Waals surface area contributed by atoms with Crippen LogP contribution in [0, 0.1) is 5.92 Å². The number of hydrogen-bond acceptors (Lipinski definition) is 5. The standard InChI is InChI=1S/C37H59N3O4/c1-43-36(37(42)40(33-21-10-4-11-22-33)34-23-12-5-13-24-34)29(26-30-16-14-15-25-38-30)27-44-28-35(41)39(31-17-6-2-7-18-31)32-19-8-3-9-20-32/h14-16,25,29,31-34,36H,2-13,17-24,26-28H2,1H3. The van der Waals surface area contributed by atoms with Gasteiger partial charge in [-0.25, -0.2) is 0 Å². The predicted octanol–water partition coefficient (Wildman–Crippen LogP) is 7.26. The first-order valence-electron chi connectivity index (χ1n) is 18.3. The van der Waals surface area contributed by atoms with Crippen molar-refractivity contribution in [2.75, 3.05) is 20.3 Å². The van der Waals surface area contributed by atoms with Crippen LogP contribution < -0.4 is 0 Å². The topological polar surface area (TPSA) is 72.0 Å². The monoisotopic (exact) mass is 609 g/mol. The van der Waals surface area contributed by atoms with Crippen molar-refractivity contribution in [1.82, 2.24) is 14.8 Å². The second-order valence-electron chi connectivity index (χ2n) is 14.2. The molecule has 0 aliphatic heterocycles. The maximum atomic E-state index is 14.6. The summed E-state index contributed by atoms with van der Waals surface area (Å²) < 4.78 is 12.4. The van der Waals surface area contributed by atoms with Crippen LogP contribution in [0.1, 0.15) is 134 Å². The molecule has 7 nitrogen and oxygen atoms in total. The molecule has 1 aromatic heterocycles. The molecule has 4 saturated carbocycles. The summed E-state index contributed by atoms with van der Waals surface area (Å²) in [6.07, 6.45) is 25.3. The Morgan fingerprint density at radius 2 is 1.20 bits per heavy atom. The number of carbonyl (C=O) groups is 2. The molecule has 246 valence electrons. The zero-order valence-electron chi connectivity index (χ0n) is 27.5. The van der Waals surface area contributed by atoms with Crippen molar-refractivity contribution in [2.24, 2.45) is 5.92 Å². The molecule has 4 aliphatic rings. The molecular weight excluding hydrogens is 550 g/mol. The van der Waals surface area contributed by atoms with Crippen LogP contribution in [0.2, 0.25) is 0 Å². The molecule has 2 amide bonds. The van der Waals surface area contributed by atoms with Gasteiger partial charge in [-0.2, -0.15) is 0 Å². The summed E-state index contributed by atoms with van der Waals surface area (Å²) in [5.74, 6) is 0.0302. The maximum Gasteiger partial charge on any atom is 0.252 e. The smallest absolute Gasteiger partial charge is 0.252 e. The highest BCUT2D eigenvalue weighted by Gasteiger charge is 2.40. The van der Waals surface area contributed by atoms with Crippen LogP contribution in [0.5, 0.6) is 0 Å². The van der Waals surface area contributed by atoms with Gasteiger partial charge in [-0.05, 0) is 69.9 Å². The van der Waals surface area contributed by atoms with Crippen molar-refractivity contribution in [1.29, 1.82) is 0 Å². The summed E-state index contributed by atoms with van der Waals surface area (Å²) in [6, 6.07) is 7.23. The van der Waals surface area contributed by atoms with Crippen LogP contribution in [-0.4, -0.2) is 77.2 Å². The second kappa shape index (κ2) is 17.6. The zero-order chi connectivity index (χ0) is 30.6. The first-order valence-corrected chi connectivity index (χ1v) is 18.3. The van der Waals surface area contributed by atoms with Gasteiger partial charge in [-0.15, -0.1) is 0 Å². The van der Waals surface area contributed by atoms with Crippen molar-refractivity contribution in [3.05, 3.63) is 30.1 Å². The zero-order valence-corrected chi connectivity index (χ0v) is 27.5. The molecule has 0 radical (unpaired) electrons. The van der Waals surface area contributed by atoms with E-state index in [1.54, 1.807) is 7.11 Å². The van der Waals surface area contributed by atoms with Gasteiger partial charge in [0.2, 0.25) is 5.91 Å². The lowest BCUT2D eigenvalue weighted by Crippen LogP contribution is -2.55. The largest absolute Gasteiger partial charge is 0.371 e. The summed E-state index contributed by atoms with van der Waals surface area (Å²) in [5.41, 5.74) is 0.926. The van der Waals surface area contributed by atoms with Crippen LogP contribution in [0.15, 0.2) is 24.4 Å². The van der Waals surface area contributed by atoms with Gasteiger partial charge >= 0.3 is 0 Å². The molecule has 0 N–H and O–H groups in total. The molecule has 0 bridgehead atoms. The Balaban J connectivity index is 1.30. The summed E-state index contributed by atoms with van der Waals surface area (Å²) in [4.78, 5) is 37.5. The van der Waals surface area contributed by atoms with Crippen molar-refractivity contribution in [3.63, 3.8) is 0 Å². The first kappa shape index (κ1) is 33.4. The highest BCUT2D eigenvalue weighted by Crippen LogP contribution is 2.33. The lowest BCUT2D eigenvalue weighted by atomic mass is 9.87. The fourth-order valence-electron chi connectivity index (χ4n) is 8.86. The Morgan fingerprint density at radius 1 is 0.727 bits per heavy atom.